The van der Waals surface area contributed by atoms with Crippen LogP contribution in [0.4, 0.5) is 0 Å². The number of carbonyl (C=O) groups excluding carboxylic acids is 2. The average molecular weight is 276 g/mol. The van der Waals surface area contributed by atoms with Crippen molar-refractivity contribution in [3.05, 3.63) is 66.5 Å². The summed E-state index contributed by atoms with van der Waals surface area (Å²) in [6.07, 6.45) is 3.47. The molecule has 4 heteroatoms. The molecular formula is C17H12N2O2. The van der Waals surface area contributed by atoms with E-state index in [-0.39, 0.29) is 0 Å². The van der Waals surface area contributed by atoms with Gasteiger partial charge < -0.3 is 5.73 Å². The largest absolute Gasteiger partial charge is 0.363 e. The maximum absolute atomic E-state index is 11.9. The molecule has 3 aromatic rings. The van der Waals surface area contributed by atoms with Crippen LogP contribution in [0.15, 0.2) is 60.9 Å². The number of fused-ring (bicyclic) bond motifs is 1. The highest BCUT2D eigenvalue weighted by Crippen LogP contribution is 2.30. The second-order valence-electron chi connectivity index (χ2n) is 4.64. The summed E-state index contributed by atoms with van der Waals surface area (Å²) in [6.45, 7) is 0. The molecule has 0 saturated heterocycles. The number of primary amides is 1. The first-order chi connectivity index (χ1) is 10.2. The average Bonchev–Trinajstić information content (AvgIpc) is 2.54. The Kier molecular flexibility index (Phi) is 3.20. The van der Waals surface area contributed by atoms with E-state index in [0.717, 1.165) is 16.5 Å². The summed E-state index contributed by atoms with van der Waals surface area (Å²) in [4.78, 5) is 27.2. The molecule has 0 aliphatic heterocycles. The molecule has 0 bridgehead atoms. The molecule has 0 aliphatic rings. The molecule has 0 saturated carbocycles. The molecule has 0 radical (unpaired) electrons. The van der Waals surface area contributed by atoms with Gasteiger partial charge in [-0.15, -0.1) is 0 Å². The third-order valence-electron chi connectivity index (χ3n) is 3.37. The number of rotatable bonds is 3. The lowest BCUT2D eigenvalue weighted by atomic mass is 9.94. The highest BCUT2D eigenvalue weighted by atomic mass is 16.2. The molecule has 0 spiro atoms. The molecule has 102 valence electrons. The maximum Gasteiger partial charge on any atom is 0.289 e. The van der Waals surface area contributed by atoms with Crippen molar-refractivity contribution in [2.24, 2.45) is 5.73 Å². The van der Waals surface area contributed by atoms with E-state index in [1.807, 2.05) is 42.5 Å². The number of benzene rings is 2. The molecule has 2 N–H and O–H groups in total. The van der Waals surface area contributed by atoms with E-state index in [4.69, 9.17) is 5.73 Å². The Morgan fingerprint density at radius 1 is 0.905 bits per heavy atom. The van der Waals surface area contributed by atoms with Crippen molar-refractivity contribution < 1.29 is 9.59 Å². The quantitative estimate of drug-likeness (QED) is 0.590. The normalized spacial score (nSPS) is 10.5. The Balaban J connectivity index is 2.30. The summed E-state index contributed by atoms with van der Waals surface area (Å²) in [5, 5.41) is 1.60. The molecule has 3 rings (SSSR count). The third-order valence-corrected chi connectivity index (χ3v) is 3.37. The summed E-state index contributed by atoms with van der Waals surface area (Å²) < 4.78 is 0. The van der Waals surface area contributed by atoms with Crippen molar-refractivity contribution in [1.82, 2.24) is 4.98 Å². The van der Waals surface area contributed by atoms with E-state index in [2.05, 4.69) is 4.98 Å². The predicted molar refractivity (Wildman–Crippen MR) is 80.7 cm³/mol. The van der Waals surface area contributed by atoms with E-state index in [1.54, 1.807) is 18.5 Å². The van der Waals surface area contributed by atoms with Crippen LogP contribution >= 0.6 is 0 Å². The van der Waals surface area contributed by atoms with Gasteiger partial charge in [0.25, 0.3) is 11.7 Å². The van der Waals surface area contributed by atoms with Crippen LogP contribution in [0.2, 0.25) is 0 Å². The molecule has 1 heterocycles. The first-order valence-corrected chi connectivity index (χ1v) is 6.45. The Morgan fingerprint density at radius 2 is 1.67 bits per heavy atom. The van der Waals surface area contributed by atoms with Crippen molar-refractivity contribution >= 4 is 22.5 Å². The first-order valence-electron chi connectivity index (χ1n) is 6.45. The van der Waals surface area contributed by atoms with Crippen LogP contribution in [0.1, 0.15) is 10.4 Å². The van der Waals surface area contributed by atoms with Gasteiger partial charge >= 0.3 is 0 Å². The lowest BCUT2D eigenvalue weighted by Crippen LogP contribution is -2.23. The van der Waals surface area contributed by atoms with Gasteiger partial charge in [0.1, 0.15) is 0 Å². The Labute approximate surface area is 121 Å². The Morgan fingerprint density at radius 3 is 2.33 bits per heavy atom. The molecule has 4 nitrogen and oxygen atoms in total. The SMILES string of the molecule is NC(=O)C(=O)c1ccc(-c2cccnc2)c2ccccc12. The van der Waals surface area contributed by atoms with Gasteiger partial charge in [0.05, 0.1) is 0 Å². The minimum absolute atomic E-state index is 0.325. The van der Waals surface area contributed by atoms with Gasteiger partial charge in [-0.25, -0.2) is 0 Å². The zero-order valence-electron chi connectivity index (χ0n) is 11.1. The molecule has 1 amide bonds. The summed E-state index contributed by atoms with van der Waals surface area (Å²) in [5.74, 6) is -1.63. The van der Waals surface area contributed by atoms with Gasteiger partial charge in [-0.3, -0.25) is 14.6 Å². The van der Waals surface area contributed by atoms with Crippen molar-refractivity contribution in [3.63, 3.8) is 0 Å². The van der Waals surface area contributed by atoms with Gasteiger partial charge in [-0.05, 0) is 28.5 Å². The topological polar surface area (TPSA) is 73.1 Å². The van der Waals surface area contributed by atoms with E-state index in [0.29, 0.717) is 10.9 Å². The predicted octanol–water partition coefficient (Wildman–Crippen LogP) is 2.57. The second kappa shape index (κ2) is 5.17. The number of amides is 1. The summed E-state index contributed by atoms with van der Waals surface area (Å²) in [5.41, 5.74) is 7.34. The minimum atomic E-state index is -0.950. The summed E-state index contributed by atoms with van der Waals surface area (Å²) in [7, 11) is 0. The van der Waals surface area contributed by atoms with Crippen molar-refractivity contribution in [3.8, 4) is 11.1 Å². The fourth-order valence-electron chi connectivity index (χ4n) is 2.40. The van der Waals surface area contributed by atoms with E-state index in [9.17, 15) is 9.59 Å². The number of nitrogens with two attached hydrogens (primary N) is 1. The van der Waals surface area contributed by atoms with E-state index < -0.39 is 11.7 Å². The molecule has 0 unspecified atom stereocenters. The molecule has 2 aromatic carbocycles. The number of nitrogens with zero attached hydrogens (tertiary/aromatic N) is 1. The summed E-state index contributed by atoms with van der Waals surface area (Å²) in [6, 6.07) is 14.7. The van der Waals surface area contributed by atoms with E-state index >= 15 is 0 Å². The number of Topliss-reactive ketones (excluding diaryl/α,β-unsaturated/α-hetero) is 1. The number of aromatic nitrogens is 1. The van der Waals surface area contributed by atoms with Gasteiger partial charge in [0, 0.05) is 23.5 Å². The van der Waals surface area contributed by atoms with Gasteiger partial charge in [0.15, 0.2) is 0 Å². The molecule has 21 heavy (non-hydrogen) atoms. The van der Waals surface area contributed by atoms with Crippen LogP contribution in [-0.2, 0) is 4.79 Å². The lowest BCUT2D eigenvalue weighted by molar-refractivity contribution is -0.114. The Bertz CT molecular complexity index is 842. The van der Waals surface area contributed by atoms with Crippen LogP contribution in [-0.4, -0.2) is 16.7 Å². The van der Waals surface area contributed by atoms with Gasteiger partial charge in [-0.1, -0.05) is 36.4 Å². The number of ketones is 1. The van der Waals surface area contributed by atoms with Crippen molar-refractivity contribution in [2.75, 3.05) is 0 Å². The molecule has 1 aromatic heterocycles. The molecule has 0 fully saturated rings. The van der Waals surface area contributed by atoms with Gasteiger partial charge in [0.2, 0.25) is 0 Å². The minimum Gasteiger partial charge on any atom is -0.363 e. The summed E-state index contributed by atoms with van der Waals surface area (Å²) >= 11 is 0. The highest BCUT2D eigenvalue weighted by Gasteiger charge is 2.17. The second-order valence-corrected chi connectivity index (χ2v) is 4.64. The van der Waals surface area contributed by atoms with Crippen molar-refractivity contribution in [1.29, 1.82) is 0 Å². The third kappa shape index (κ3) is 2.27. The monoisotopic (exact) mass is 276 g/mol. The van der Waals surface area contributed by atoms with E-state index in [1.165, 1.54) is 0 Å². The first kappa shape index (κ1) is 13.0. The molecule has 0 atom stereocenters. The zero-order chi connectivity index (χ0) is 14.8. The van der Waals surface area contributed by atoms with Crippen LogP contribution in [0.5, 0.6) is 0 Å². The Hall–Kier alpha value is -3.01. The van der Waals surface area contributed by atoms with Crippen LogP contribution in [0.3, 0.4) is 0 Å². The molecule has 0 aliphatic carbocycles. The number of hydrogen-bond acceptors (Lipinski definition) is 3. The van der Waals surface area contributed by atoms with Crippen LogP contribution in [0.25, 0.3) is 21.9 Å². The zero-order valence-corrected chi connectivity index (χ0v) is 11.1. The number of hydrogen-bond donors (Lipinski definition) is 1. The standard InChI is InChI=1S/C17H12N2O2/c18-17(21)16(20)15-8-7-12(11-4-3-9-19-10-11)13-5-1-2-6-14(13)15/h1-10H,(H2,18,21). The smallest absolute Gasteiger partial charge is 0.289 e. The van der Waals surface area contributed by atoms with Crippen LogP contribution < -0.4 is 5.73 Å². The molecular weight excluding hydrogens is 264 g/mol. The number of carbonyl (C=O) groups is 2. The van der Waals surface area contributed by atoms with Crippen molar-refractivity contribution in [2.45, 2.75) is 0 Å². The maximum atomic E-state index is 11.9. The van der Waals surface area contributed by atoms with Gasteiger partial charge in [-0.2, -0.15) is 0 Å². The number of pyridine rings is 1. The highest BCUT2D eigenvalue weighted by molar-refractivity contribution is 6.44. The fourth-order valence-corrected chi connectivity index (χ4v) is 2.40. The van der Waals surface area contributed by atoms with Crippen LogP contribution in [0, 0.1) is 0 Å². The fraction of sp³-hybridized carbons (Fsp3) is 0. The lowest BCUT2D eigenvalue weighted by Gasteiger charge is -2.09.